The Morgan fingerprint density at radius 3 is 2.21 bits per heavy atom. The summed E-state index contributed by atoms with van der Waals surface area (Å²) in [6, 6.07) is 7.76. The van der Waals surface area contributed by atoms with E-state index in [0.29, 0.717) is 0 Å². The molecule has 0 spiro atoms. The van der Waals surface area contributed by atoms with Crippen LogP contribution in [0.5, 0.6) is 0 Å². The van der Waals surface area contributed by atoms with Crippen molar-refractivity contribution in [3.63, 3.8) is 0 Å². The van der Waals surface area contributed by atoms with E-state index in [1.807, 2.05) is 50.3 Å². The highest BCUT2D eigenvalue weighted by atomic mass is 32.1. The third kappa shape index (κ3) is 3.77. The molecule has 0 radical (unpaired) electrons. The summed E-state index contributed by atoms with van der Waals surface area (Å²) >= 11 is 1.67. The van der Waals surface area contributed by atoms with Gasteiger partial charge in [0.15, 0.2) is 5.43 Å². The van der Waals surface area contributed by atoms with Crippen molar-refractivity contribution in [1.82, 2.24) is 0 Å². The Balaban J connectivity index is 0.000000399. The number of fused-ring (bicyclic) bond motifs is 1. The van der Waals surface area contributed by atoms with Crippen LogP contribution in [0.2, 0.25) is 0 Å². The van der Waals surface area contributed by atoms with Crippen LogP contribution in [-0.4, -0.2) is 0 Å². The SMILES string of the molecule is C/C=c1/c(=O)c2ccccc2s/c1=C/C.CCCC. The lowest BCUT2D eigenvalue weighted by atomic mass is 10.2. The van der Waals surface area contributed by atoms with Crippen molar-refractivity contribution >= 4 is 33.6 Å². The van der Waals surface area contributed by atoms with E-state index in [0.717, 1.165) is 19.8 Å². The Kier molecular flexibility index (Phi) is 6.51. The molecule has 2 heteroatoms. The molecular weight excluding hydrogens is 252 g/mol. The minimum atomic E-state index is 0.139. The van der Waals surface area contributed by atoms with Gasteiger partial charge >= 0.3 is 0 Å². The second kappa shape index (κ2) is 7.90. The molecule has 2 rings (SSSR count). The molecule has 0 unspecified atom stereocenters. The zero-order valence-electron chi connectivity index (χ0n) is 12.2. The second-order valence-electron chi connectivity index (χ2n) is 4.28. The van der Waals surface area contributed by atoms with Gasteiger partial charge in [0.1, 0.15) is 0 Å². The molecule has 0 aliphatic heterocycles. The normalized spacial score (nSPS) is 12.4. The first-order valence-electron chi connectivity index (χ1n) is 6.84. The highest BCUT2D eigenvalue weighted by Crippen LogP contribution is 2.09. The molecule has 1 aromatic carbocycles. The summed E-state index contributed by atoms with van der Waals surface area (Å²) in [7, 11) is 0. The Bertz CT molecular complexity index is 693. The first-order chi connectivity index (χ1) is 9.19. The van der Waals surface area contributed by atoms with Crippen LogP contribution in [0.25, 0.3) is 22.2 Å². The molecular formula is C17H22OS. The maximum atomic E-state index is 12.1. The highest BCUT2D eigenvalue weighted by molar-refractivity contribution is 7.16. The van der Waals surface area contributed by atoms with Gasteiger partial charge in [0, 0.05) is 19.8 Å². The Hall–Kier alpha value is -1.41. The molecule has 19 heavy (non-hydrogen) atoms. The van der Waals surface area contributed by atoms with Crippen molar-refractivity contribution in [1.29, 1.82) is 0 Å². The summed E-state index contributed by atoms with van der Waals surface area (Å²) in [5.74, 6) is 0. The first kappa shape index (κ1) is 15.6. The van der Waals surface area contributed by atoms with Crippen molar-refractivity contribution in [3.8, 4) is 0 Å². The van der Waals surface area contributed by atoms with Gasteiger partial charge in [-0.2, -0.15) is 0 Å². The van der Waals surface area contributed by atoms with Crippen LogP contribution in [0.3, 0.4) is 0 Å². The van der Waals surface area contributed by atoms with Gasteiger partial charge in [0.05, 0.1) is 0 Å². The molecule has 0 N–H and O–H groups in total. The van der Waals surface area contributed by atoms with Gasteiger partial charge in [-0.25, -0.2) is 0 Å². The lowest BCUT2D eigenvalue weighted by Crippen LogP contribution is -2.36. The third-order valence-corrected chi connectivity index (χ3v) is 4.16. The average molecular weight is 274 g/mol. The largest absolute Gasteiger partial charge is 0.289 e. The van der Waals surface area contributed by atoms with Crippen LogP contribution in [0.1, 0.15) is 40.5 Å². The summed E-state index contributed by atoms with van der Waals surface area (Å²) in [4.78, 5) is 12.1. The summed E-state index contributed by atoms with van der Waals surface area (Å²) in [5, 5.41) is 1.64. The molecule has 1 aromatic heterocycles. The fraction of sp³-hybridized carbons (Fsp3) is 0.353. The predicted molar refractivity (Wildman–Crippen MR) is 88.2 cm³/mol. The van der Waals surface area contributed by atoms with Crippen molar-refractivity contribution in [2.45, 2.75) is 40.5 Å². The van der Waals surface area contributed by atoms with Gasteiger partial charge in [-0.15, -0.1) is 11.3 Å². The highest BCUT2D eigenvalue weighted by Gasteiger charge is 2.00. The Morgan fingerprint density at radius 1 is 1.05 bits per heavy atom. The van der Waals surface area contributed by atoms with Crippen LogP contribution in [-0.2, 0) is 0 Å². The monoisotopic (exact) mass is 274 g/mol. The maximum absolute atomic E-state index is 12.1. The van der Waals surface area contributed by atoms with E-state index >= 15 is 0 Å². The third-order valence-electron chi connectivity index (χ3n) is 2.91. The topological polar surface area (TPSA) is 17.1 Å². The molecule has 0 aliphatic carbocycles. The molecule has 2 aromatic rings. The van der Waals surface area contributed by atoms with E-state index < -0.39 is 0 Å². The molecule has 1 nitrogen and oxygen atoms in total. The van der Waals surface area contributed by atoms with Crippen molar-refractivity contribution in [2.24, 2.45) is 0 Å². The predicted octanol–water partition coefficient (Wildman–Crippen LogP) is 3.67. The first-order valence-corrected chi connectivity index (χ1v) is 7.65. The van der Waals surface area contributed by atoms with Crippen molar-refractivity contribution < 1.29 is 0 Å². The van der Waals surface area contributed by atoms with Gasteiger partial charge in [0.2, 0.25) is 0 Å². The summed E-state index contributed by atoms with van der Waals surface area (Å²) in [5.41, 5.74) is 0.139. The van der Waals surface area contributed by atoms with Gasteiger partial charge in [0.25, 0.3) is 0 Å². The van der Waals surface area contributed by atoms with Crippen molar-refractivity contribution in [2.75, 3.05) is 0 Å². The second-order valence-corrected chi connectivity index (χ2v) is 5.37. The average Bonchev–Trinajstić information content (AvgIpc) is 2.47. The van der Waals surface area contributed by atoms with E-state index in [1.54, 1.807) is 11.3 Å². The summed E-state index contributed by atoms with van der Waals surface area (Å²) in [6.07, 6.45) is 6.52. The fourth-order valence-corrected chi connectivity index (χ4v) is 2.75. The standard InChI is InChI=1S/C13H12OS.C4H10/c1-3-9-11(4-2)15-12-8-6-5-7-10(12)13(9)14;1-3-4-2/h3-8H,1-2H3;3-4H2,1-2H3/b9-3+,11-4+;. The molecule has 0 saturated carbocycles. The van der Waals surface area contributed by atoms with Crippen LogP contribution >= 0.6 is 11.3 Å². The molecule has 0 aliphatic rings. The fourth-order valence-electron chi connectivity index (χ4n) is 1.66. The molecule has 0 bridgehead atoms. The Morgan fingerprint density at radius 2 is 1.68 bits per heavy atom. The van der Waals surface area contributed by atoms with E-state index in [4.69, 9.17) is 0 Å². The molecule has 102 valence electrons. The number of benzene rings is 1. The molecule has 0 amide bonds. The van der Waals surface area contributed by atoms with Gasteiger partial charge in [-0.05, 0) is 26.0 Å². The zero-order valence-corrected chi connectivity index (χ0v) is 13.0. The van der Waals surface area contributed by atoms with Crippen molar-refractivity contribution in [3.05, 3.63) is 44.2 Å². The molecule has 0 saturated heterocycles. The summed E-state index contributed by atoms with van der Waals surface area (Å²) < 4.78 is 2.11. The van der Waals surface area contributed by atoms with Crippen LogP contribution in [0.15, 0.2) is 29.1 Å². The minimum absolute atomic E-state index is 0.139. The smallest absolute Gasteiger partial charge is 0.195 e. The quantitative estimate of drug-likeness (QED) is 0.775. The van der Waals surface area contributed by atoms with Crippen LogP contribution in [0, 0.1) is 0 Å². The summed E-state index contributed by atoms with van der Waals surface area (Å²) in [6.45, 7) is 8.23. The number of unbranched alkanes of at least 4 members (excludes halogenated alkanes) is 1. The van der Waals surface area contributed by atoms with E-state index in [9.17, 15) is 4.79 Å². The lowest BCUT2D eigenvalue weighted by molar-refractivity contribution is 0.886. The number of hydrogen-bond donors (Lipinski definition) is 0. The van der Waals surface area contributed by atoms with Gasteiger partial charge < -0.3 is 0 Å². The molecule has 0 fully saturated rings. The number of hydrogen-bond acceptors (Lipinski definition) is 2. The zero-order chi connectivity index (χ0) is 14.3. The molecule has 0 atom stereocenters. The minimum Gasteiger partial charge on any atom is -0.289 e. The van der Waals surface area contributed by atoms with E-state index in [2.05, 4.69) is 13.8 Å². The Labute approximate surface area is 118 Å². The van der Waals surface area contributed by atoms with E-state index in [-0.39, 0.29) is 5.43 Å². The maximum Gasteiger partial charge on any atom is 0.195 e. The lowest BCUT2D eigenvalue weighted by Gasteiger charge is -1.95. The van der Waals surface area contributed by atoms with E-state index in [1.165, 1.54) is 12.8 Å². The van der Waals surface area contributed by atoms with Crippen LogP contribution < -0.4 is 15.2 Å². The number of rotatable bonds is 1. The van der Waals surface area contributed by atoms with Crippen LogP contribution in [0.4, 0.5) is 0 Å². The van der Waals surface area contributed by atoms with Gasteiger partial charge in [-0.3, -0.25) is 4.79 Å². The van der Waals surface area contributed by atoms with Gasteiger partial charge in [-0.1, -0.05) is 51.0 Å². The molecule has 1 heterocycles.